The van der Waals surface area contributed by atoms with Crippen LogP contribution in [-0.4, -0.2) is 56.5 Å². The number of hydrogen-bond acceptors (Lipinski definition) is 3. The second-order valence-corrected chi connectivity index (χ2v) is 8.06. The molecule has 0 saturated carbocycles. The first kappa shape index (κ1) is 26.4. The van der Waals surface area contributed by atoms with Crippen LogP contribution in [0.3, 0.4) is 0 Å². The average molecular weight is 452 g/mol. The van der Waals surface area contributed by atoms with Crippen molar-refractivity contribution in [3.05, 3.63) is 71.8 Å². The van der Waals surface area contributed by atoms with Gasteiger partial charge in [-0.1, -0.05) is 60.7 Å². The van der Waals surface area contributed by atoms with Crippen LogP contribution in [0.4, 0.5) is 0 Å². The summed E-state index contributed by atoms with van der Waals surface area (Å²) in [7, 11) is 6.24. The van der Waals surface area contributed by atoms with E-state index in [-0.39, 0.29) is 42.2 Å². The molecular weight excluding hydrogens is 417 g/mol. The molecule has 1 fully saturated rings. The SMILES string of the molecule is CNCC(Cc1ccccc1)C(=O)N1CCC(c2ccccc2)(N(C)C)CC1.Cl.Cl. The molecule has 1 saturated heterocycles. The number of piperidine rings is 1. The van der Waals surface area contributed by atoms with Gasteiger partial charge >= 0.3 is 0 Å². The van der Waals surface area contributed by atoms with Crippen LogP contribution in [-0.2, 0) is 16.8 Å². The highest BCUT2D eigenvalue weighted by atomic mass is 35.5. The maximum atomic E-state index is 13.3. The van der Waals surface area contributed by atoms with Crippen molar-refractivity contribution in [1.29, 1.82) is 0 Å². The maximum absolute atomic E-state index is 13.3. The standard InChI is InChI=1S/C24H33N3O.2ClH/c1-25-19-21(18-20-10-6-4-7-11-20)23(28)27-16-14-24(15-17-27,26(2)3)22-12-8-5-9-13-22;;/h4-13,21,25H,14-19H2,1-3H3;2*1H. The molecule has 1 aliphatic heterocycles. The molecule has 2 aromatic rings. The van der Waals surface area contributed by atoms with Gasteiger partial charge in [-0.2, -0.15) is 0 Å². The topological polar surface area (TPSA) is 35.6 Å². The summed E-state index contributed by atoms with van der Waals surface area (Å²) in [5.74, 6) is 0.259. The molecule has 1 unspecified atom stereocenters. The lowest BCUT2D eigenvalue weighted by Crippen LogP contribution is -2.53. The Labute approximate surface area is 193 Å². The molecule has 6 heteroatoms. The van der Waals surface area contributed by atoms with E-state index in [2.05, 4.69) is 71.7 Å². The van der Waals surface area contributed by atoms with Crippen LogP contribution in [0, 0.1) is 5.92 Å². The van der Waals surface area contributed by atoms with E-state index in [4.69, 9.17) is 0 Å². The van der Waals surface area contributed by atoms with E-state index < -0.39 is 0 Å². The van der Waals surface area contributed by atoms with E-state index in [1.165, 1.54) is 11.1 Å². The zero-order valence-corrected chi connectivity index (χ0v) is 19.8. The Morgan fingerprint density at radius 3 is 2.03 bits per heavy atom. The van der Waals surface area contributed by atoms with Crippen LogP contribution < -0.4 is 5.32 Å². The van der Waals surface area contributed by atoms with E-state index in [0.717, 1.165) is 32.4 Å². The van der Waals surface area contributed by atoms with Gasteiger partial charge in [0.1, 0.15) is 0 Å². The number of carbonyl (C=O) groups excluding carboxylic acids is 1. The molecule has 1 atom stereocenters. The maximum Gasteiger partial charge on any atom is 0.227 e. The third-order valence-electron chi connectivity index (χ3n) is 6.19. The Kier molecular flexibility index (Phi) is 10.9. The fourth-order valence-electron chi connectivity index (χ4n) is 4.49. The van der Waals surface area contributed by atoms with Gasteiger partial charge in [0, 0.05) is 25.2 Å². The van der Waals surface area contributed by atoms with Crippen LogP contribution >= 0.6 is 24.8 Å². The second kappa shape index (κ2) is 12.3. The van der Waals surface area contributed by atoms with Crippen LogP contribution in [0.25, 0.3) is 0 Å². The van der Waals surface area contributed by atoms with Gasteiger partial charge in [-0.15, -0.1) is 24.8 Å². The van der Waals surface area contributed by atoms with E-state index in [1.807, 2.05) is 25.2 Å². The van der Waals surface area contributed by atoms with Crippen LogP contribution in [0.2, 0.25) is 0 Å². The number of halogens is 2. The van der Waals surface area contributed by atoms with Gasteiger partial charge in [-0.3, -0.25) is 9.69 Å². The highest BCUT2D eigenvalue weighted by molar-refractivity contribution is 5.85. The summed E-state index contributed by atoms with van der Waals surface area (Å²) < 4.78 is 0. The monoisotopic (exact) mass is 451 g/mol. The third kappa shape index (κ3) is 5.98. The second-order valence-electron chi connectivity index (χ2n) is 8.06. The van der Waals surface area contributed by atoms with Gasteiger partial charge in [0.25, 0.3) is 0 Å². The predicted molar refractivity (Wildman–Crippen MR) is 130 cm³/mol. The van der Waals surface area contributed by atoms with Gasteiger partial charge in [0.05, 0.1) is 5.92 Å². The molecule has 1 aliphatic rings. The summed E-state index contributed by atoms with van der Waals surface area (Å²) in [5, 5.41) is 3.21. The van der Waals surface area contributed by atoms with Crippen LogP contribution in [0.5, 0.6) is 0 Å². The Morgan fingerprint density at radius 2 is 1.53 bits per heavy atom. The van der Waals surface area contributed by atoms with Crippen molar-refractivity contribution in [2.45, 2.75) is 24.8 Å². The molecule has 30 heavy (non-hydrogen) atoms. The van der Waals surface area contributed by atoms with Crippen molar-refractivity contribution in [1.82, 2.24) is 15.1 Å². The molecule has 0 aliphatic carbocycles. The first-order valence-corrected chi connectivity index (χ1v) is 10.3. The summed E-state index contributed by atoms with van der Waals surface area (Å²) in [5.41, 5.74) is 2.58. The zero-order chi connectivity index (χ0) is 20.0. The summed E-state index contributed by atoms with van der Waals surface area (Å²) in [4.78, 5) is 17.7. The Bertz CT molecular complexity index is 748. The minimum Gasteiger partial charge on any atom is -0.342 e. The molecule has 0 bridgehead atoms. The van der Waals surface area contributed by atoms with E-state index in [9.17, 15) is 4.79 Å². The first-order chi connectivity index (χ1) is 13.6. The van der Waals surface area contributed by atoms with Crippen molar-refractivity contribution in [2.24, 2.45) is 5.92 Å². The molecular formula is C24H35Cl2N3O. The van der Waals surface area contributed by atoms with Gasteiger partial charge in [0.2, 0.25) is 5.91 Å². The number of likely N-dealkylation sites (tertiary alicyclic amines) is 1. The molecule has 0 radical (unpaired) electrons. The van der Waals surface area contributed by atoms with Crippen LogP contribution in [0.1, 0.15) is 24.0 Å². The lowest BCUT2D eigenvalue weighted by molar-refractivity contribution is -0.138. The molecule has 3 rings (SSSR count). The molecule has 166 valence electrons. The fourth-order valence-corrected chi connectivity index (χ4v) is 4.49. The van der Waals surface area contributed by atoms with Crippen molar-refractivity contribution in [3.8, 4) is 0 Å². The third-order valence-corrected chi connectivity index (χ3v) is 6.19. The summed E-state index contributed by atoms with van der Waals surface area (Å²) >= 11 is 0. The fraction of sp³-hybridized carbons (Fsp3) is 0.458. The number of rotatable bonds is 7. The largest absolute Gasteiger partial charge is 0.342 e. The van der Waals surface area contributed by atoms with E-state index in [1.54, 1.807) is 0 Å². The number of nitrogens with one attached hydrogen (secondary N) is 1. The molecule has 1 heterocycles. The number of amides is 1. The van der Waals surface area contributed by atoms with Gasteiger partial charge in [0.15, 0.2) is 0 Å². The highest BCUT2D eigenvalue weighted by Gasteiger charge is 2.40. The summed E-state index contributed by atoms with van der Waals surface area (Å²) in [6.07, 6.45) is 2.72. The van der Waals surface area contributed by atoms with Crippen molar-refractivity contribution < 1.29 is 4.79 Å². The quantitative estimate of drug-likeness (QED) is 0.690. The van der Waals surface area contributed by atoms with Crippen LogP contribution in [0.15, 0.2) is 60.7 Å². The molecule has 0 aromatic heterocycles. The summed E-state index contributed by atoms with van der Waals surface area (Å²) in [6.45, 7) is 2.32. The van der Waals surface area contributed by atoms with Gasteiger partial charge in [-0.05, 0) is 51.5 Å². The smallest absolute Gasteiger partial charge is 0.227 e. The van der Waals surface area contributed by atoms with Crippen molar-refractivity contribution >= 4 is 30.7 Å². The average Bonchev–Trinajstić information content (AvgIpc) is 2.74. The van der Waals surface area contributed by atoms with Crippen molar-refractivity contribution in [3.63, 3.8) is 0 Å². The van der Waals surface area contributed by atoms with Gasteiger partial charge in [-0.25, -0.2) is 0 Å². The number of hydrogen-bond donors (Lipinski definition) is 1. The lowest BCUT2D eigenvalue weighted by Gasteiger charge is -2.47. The number of benzene rings is 2. The predicted octanol–water partition coefficient (Wildman–Crippen LogP) is 3.99. The van der Waals surface area contributed by atoms with Gasteiger partial charge < -0.3 is 10.2 Å². The number of nitrogens with zero attached hydrogens (tertiary/aromatic N) is 2. The van der Waals surface area contributed by atoms with E-state index >= 15 is 0 Å². The Balaban J connectivity index is 0.00000225. The highest BCUT2D eigenvalue weighted by Crippen LogP contribution is 2.37. The minimum atomic E-state index is -0.0176. The molecule has 4 nitrogen and oxygen atoms in total. The van der Waals surface area contributed by atoms with E-state index in [0.29, 0.717) is 6.54 Å². The number of carbonyl (C=O) groups is 1. The zero-order valence-electron chi connectivity index (χ0n) is 18.2. The summed E-state index contributed by atoms with van der Waals surface area (Å²) in [6, 6.07) is 21.1. The van der Waals surface area contributed by atoms with Crippen molar-refractivity contribution in [2.75, 3.05) is 40.8 Å². The molecule has 2 aromatic carbocycles. The Hall–Kier alpha value is -1.59. The Morgan fingerprint density at radius 1 is 1.00 bits per heavy atom. The molecule has 0 spiro atoms. The molecule has 1 amide bonds. The lowest BCUT2D eigenvalue weighted by atomic mass is 9.79. The minimum absolute atomic E-state index is 0. The first-order valence-electron chi connectivity index (χ1n) is 10.3. The normalized spacial score (nSPS) is 16.3. The molecule has 1 N–H and O–H groups in total.